The van der Waals surface area contributed by atoms with Gasteiger partial charge in [-0.2, -0.15) is 0 Å². The van der Waals surface area contributed by atoms with Crippen molar-refractivity contribution in [1.29, 1.82) is 0 Å². The molecule has 1 saturated heterocycles. The van der Waals surface area contributed by atoms with E-state index in [2.05, 4.69) is 19.2 Å². The Balaban J connectivity index is 1.99. The molecule has 1 aromatic rings. The second-order valence-corrected chi connectivity index (χ2v) is 4.87. The van der Waals surface area contributed by atoms with Crippen molar-refractivity contribution in [2.24, 2.45) is 5.92 Å². The fraction of sp³-hybridized carbons (Fsp3) is 0.714. The zero-order valence-corrected chi connectivity index (χ0v) is 10.9. The largest absolute Gasteiger partial charge is 0.467 e. The predicted octanol–water partition coefficient (Wildman–Crippen LogP) is 3.06. The molecule has 0 aliphatic carbocycles. The zero-order valence-electron chi connectivity index (χ0n) is 10.9. The van der Waals surface area contributed by atoms with E-state index in [1.54, 1.807) is 6.26 Å². The third-order valence-corrected chi connectivity index (χ3v) is 3.58. The van der Waals surface area contributed by atoms with Gasteiger partial charge in [0.15, 0.2) is 0 Å². The minimum Gasteiger partial charge on any atom is -0.467 e. The van der Waals surface area contributed by atoms with Gasteiger partial charge < -0.3 is 14.5 Å². The Labute approximate surface area is 104 Å². The van der Waals surface area contributed by atoms with Gasteiger partial charge in [0, 0.05) is 13.2 Å². The molecular formula is C14H23NO2. The van der Waals surface area contributed by atoms with Crippen LogP contribution in [0.4, 0.5) is 0 Å². The third-order valence-electron chi connectivity index (χ3n) is 3.58. The molecule has 1 aliphatic rings. The molecular weight excluding hydrogens is 214 g/mol. The summed E-state index contributed by atoms with van der Waals surface area (Å²) in [6, 6.07) is 2.40. The lowest BCUT2D eigenvalue weighted by Crippen LogP contribution is -2.26. The van der Waals surface area contributed by atoms with E-state index in [0.29, 0.717) is 6.04 Å². The van der Waals surface area contributed by atoms with Gasteiger partial charge in [0.2, 0.25) is 0 Å². The topological polar surface area (TPSA) is 34.4 Å². The minimum absolute atomic E-state index is 0.359. The van der Waals surface area contributed by atoms with Crippen molar-refractivity contribution in [1.82, 2.24) is 5.32 Å². The first-order chi connectivity index (χ1) is 8.31. The van der Waals surface area contributed by atoms with Crippen molar-refractivity contribution in [3.05, 3.63) is 23.7 Å². The fourth-order valence-corrected chi connectivity index (χ4v) is 2.59. The van der Waals surface area contributed by atoms with E-state index >= 15 is 0 Å². The lowest BCUT2D eigenvalue weighted by molar-refractivity contribution is 0.0597. The lowest BCUT2D eigenvalue weighted by Gasteiger charge is -2.26. The van der Waals surface area contributed by atoms with Crippen LogP contribution >= 0.6 is 0 Å². The first-order valence-corrected chi connectivity index (χ1v) is 6.66. The van der Waals surface area contributed by atoms with Gasteiger partial charge in [-0.25, -0.2) is 0 Å². The number of nitrogens with one attached hydrogen (secondary N) is 1. The fourth-order valence-electron chi connectivity index (χ4n) is 2.59. The highest BCUT2D eigenvalue weighted by Gasteiger charge is 2.22. The molecule has 2 rings (SSSR count). The average Bonchev–Trinajstić information content (AvgIpc) is 2.76. The van der Waals surface area contributed by atoms with Gasteiger partial charge in [0.1, 0.15) is 5.76 Å². The number of furan rings is 1. The maximum atomic E-state index is 5.63. The van der Waals surface area contributed by atoms with Crippen molar-refractivity contribution >= 4 is 0 Å². The molecule has 1 fully saturated rings. The van der Waals surface area contributed by atoms with Crippen LogP contribution in [0, 0.1) is 12.8 Å². The number of rotatable bonds is 5. The maximum Gasteiger partial charge on any atom is 0.123 e. The molecule has 0 aromatic carbocycles. The van der Waals surface area contributed by atoms with Gasteiger partial charge in [0.25, 0.3) is 0 Å². The van der Waals surface area contributed by atoms with Crippen LogP contribution in [0.2, 0.25) is 0 Å². The van der Waals surface area contributed by atoms with Gasteiger partial charge in [-0.3, -0.25) is 0 Å². The Hall–Kier alpha value is -0.800. The molecule has 1 aromatic heterocycles. The van der Waals surface area contributed by atoms with Crippen LogP contribution in [0.15, 0.2) is 16.7 Å². The quantitative estimate of drug-likeness (QED) is 0.854. The van der Waals surface area contributed by atoms with Crippen molar-refractivity contribution in [2.75, 3.05) is 19.8 Å². The molecule has 1 aliphatic heterocycles. The summed E-state index contributed by atoms with van der Waals surface area (Å²) in [5, 5.41) is 3.54. The van der Waals surface area contributed by atoms with Crippen LogP contribution in [0.5, 0.6) is 0 Å². The van der Waals surface area contributed by atoms with Crippen molar-refractivity contribution in [3.63, 3.8) is 0 Å². The summed E-state index contributed by atoms with van der Waals surface area (Å²) in [5.41, 5.74) is 1.25. The van der Waals surface area contributed by atoms with E-state index in [-0.39, 0.29) is 0 Å². The monoisotopic (exact) mass is 237 g/mol. The van der Waals surface area contributed by atoms with Crippen LogP contribution in [-0.2, 0) is 4.74 Å². The first-order valence-electron chi connectivity index (χ1n) is 6.66. The molecule has 3 nitrogen and oxygen atoms in total. The van der Waals surface area contributed by atoms with Gasteiger partial charge in [-0.1, -0.05) is 6.92 Å². The van der Waals surface area contributed by atoms with E-state index in [0.717, 1.165) is 37.9 Å². The highest BCUT2D eigenvalue weighted by Crippen LogP contribution is 2.29. The summed E-state index contributed by atoms with van der Waals surface area (Å²) >= 11 is 0. The predicted molar refractivity (Wildman–Crippen MR) is 68.0 cm³/mol. The van der Waals surface area contributed by atoms with E-state index in [1.165, 1.54) is 18.4 Å². The van der Waals surface area contributed by atoms with Crippen molar-refractivity contribution in [2.45, 2.75) is 39.2 Å². The molecule has 96 valence electrons. The van der Waals surface area contributed by atoms with E-state index < -0.39 is 0 Å². The van der Waals surface area contributed by atoms with Gasteiger partial charge >= 0.3 is 0 Å². The lowest BCUT2D eigenvalue weighted by atomic mass is 9.91. The van der Waals surface area contributed by atoms with E-state index in [4.69, 9.17) is 9.15 Å². The first kappa shape index (κ1) is 12.7. The second-order valence-electron chi connectivity index (χ2n) is 4.87. The van der Waals surface area contributed by atoms with E-state index in [1.807, 2.05) is 6.07 Å². The van der Waals surface area contributed by atoms with Crippen LogP contribution in [-0.4, -0.2) is 19.8 Å². The second kappa shape index (κ2) is 6.22. The SMILES string of the molecule is CCNC(CC1CCOCC1)c1occc1C. The average molecular weight is 237 g/mol. The normalized spacial score (nSPS) is 19.4. The summed E-state index contributed by atoms with van der Waals surface area (Å²) in [6.07, 6.45) is 5.31. The molecule has 1 atom stereocenters. The molecule has 1 unspecified atom stereocenters. The zero-order chi connectivity index (χ0) is 12.1. The van der Waals surface area contributed by atoms with Gasteiger partial charge in [-0.15, -0.1) is 0 Å². The summed E-state index contributed by atoms with van der Waals surface area (Å²) in [6.45, 7) is 7.08. The molecule has 3 heteroatoms. The third kappa shape index (κ3) is 3.33. The molecule has 1 N–H and O–H groups in total. The Morgan fingerprint density at radius 3 is 2.76 bits per heavy atom. The number of hydrogen-bond acceptors (Lipinski definition) is 3. The number of hydrogen-bond donors (Lipinski definition) is 1. The molecule has 0 saturated carbocycles. The minimum atomic E-state index is 0.359. The van der Waals surface area contributed by atoms with Crippen LogP contribution in [0.1, 0.15) is 43.6 Å². The Morgan fingerprint density at radius 1 is 1.41 bits per heavy atom. The molecule has 0 radical (unpaired) electrons. The Bertz CT molecular complexity index is 329. The molecule has 0 spiro atoms. The summed E-state index contributed by atoms with van der Waals surface area (Å²) in [4.78, 5) is 0. The van der Waals surface area contributed by atoms with Gasteiger partial charge in [-0.05, 0) is 50.3 Å². The van der Waals surface area contributed by atoms with Crippen LogP contribution < -0.4 is 5.32 Å². The highest BCUT2D eigenvalue weighted by atomic mass is 16.5. The molecule has 0 bridgehead atoms. The maximum absolute atomic E-state index is 5.63. The van der Waals surface area contributed by atoms with Crippen LogP contribution in [0.3, 0.4) is 0 Å². The molecule has 17 heavy (non-hydrogen) atoms. The number of ether oxygens (including phenoxy) is 1. The molecule has 2 heterocycles. The van der Waals surface area contributed by atoms with Crippen LogP contribution in [0.25, 0.3) is 0 Å². The summed E-state index contributed by atoms with van der Waals surface area (Å²) < 4.78 is 11.0. The smallest absolute Gasteiger partial charge is 0.123 e. The highest BCUT2D eigenvalue weighted by molar-refractivity contribution is 5.18. The van der Waals surface area contributed by atoms with E-state index in [9.17, 15) is 0 Å². The standard InChI is InChI=1S/C14H23NO2/c1-3-15-13(14-11(2)4-9-17-14)10-12-5-7-16-8-6-12/h4,9,12-13,15H,3,5-8,10H2,1-2H3. The number of aryl methyl sites for hydroxylation is 1. The van der Waals surface area contributed by atoms with Gasteiger partial charge in [0.05, 0.1) is 12.3 Å². The molecule has 0 amide bonds. The summed E-state index contributed by atoms with van der Waals surface area (Å²) in [5.74, 6) is 1.87. The Morgan fingerprint density at radius 2 is 2.18 bits per heavy atom. The Kier molecular flexibility index (Phi) is 4.63. The van der Waals surface area contributed by atoms with Crippen molar-refractivity contribution < 1.29 is 9.15 Å². The van der Waals surface area contributed by atoms with Crippen molar-refractivity contribution in [3.8, 4) is 0 Å². The summed E-state index contributed by atoms with van der Waals surface area (Å²) in [7, 11) is 0.